The molecule has 4 nitrogen and oxygen atoms in total. The van der Waals surface area contributed by atoms with Crippen LogP contribution < -0.4 is 0 Å². The van der Waals surface area contributed by atoms with Crippen LogP contribution in [0.2, 0.25) is 0 Å². The number of aryl methyl sites for hydroxylation is 1. The third-order valence-corrected chi connectivity index (χ3v) is 5.77. The van der Waals surface area contributed by atoms with Gasteiger partial charge >= 0.3 is 5.97 Å². The summed E-state index contributed by atoms with van der Waals surface area (Å²) in [5, 5.41) is 0. The van der Waals surface area contributed by atoms with Gasteiger partial charge in [0.1, 0.15) is 6.61 Å². The summed E-state index contributed by atoms with van der Waals surface area (Å²) >= 11 is 1.69. The topological polar surface area (TPSA) is 46.6 Å². The molecule has 0 aromatic heterocycles. The second-order valence-corrected chi connectivity index (χ2v) is 7.72. The van der Waals surface area contributed by atoms with Crippen molar-refractivity contribution in [2.75, 3.05) is 19.3 Å². The van der Waals surface area contributed by atoms with Gasteiger partial charge in [0.05, 0.1) is 5.92 Å². The Labute approximate surface area is 164 Å². The van der Waals surface area contributed by atoms with Crippen LogP contribution in [0.4, 0.5) is 0 Å². The van der Waals surface area contributed by atoms with E-state index in [-0.39, 0.29) is 17.8 Å². The van der Waals surface area contributed by atoms with Gasteiger partial charge in [0, 0.05) is 23.5 Å². The van der Waals surface area contributed by atoms with Gasteiger partial charge in [-0.1, -0.05) is 30.3 Å². The second kappa shape index (κ2) is 9.09. The van der Waals surface area contributed by atoms with Crippen LogP contribution in [0.15, 0.2) is 53.4 Å². The highest BCUT2D eigenvalue weighted by atomic mass is 32.2. The fourth-order valence-corrected chi connectivity index (χ4v) is 3.70. The lowest BCUT2D eigenvalue weighted by Gasteiger charge is -2.31. The van der Waals surface area contributed by atoms with Gasteiger partial charge in [0.2, 0.25) is 0 Å². The molecule has 1 heterocycles. The Kier molecular flexibility index (Phi) is 6.56. The molecular formula is C22H25NO3S. The molecule has 1 amide bonds. The van der Waals surface area contributed by atoms with E-state index in [4.69, 9.17) is 4.74 Å². The van der Waals surface area contributed by atoms with Crippen LogP contribution in [0.25, 0.3) is 0 Å². The predicted octanol–water partition coefficient (Wildman–Crippen LogP) is 4.31. The zero-order chi connectivity index (χ0) is 19.2. The highest BCUT2D eigenvalue weighted by molar-refractivity contribution is 7.98. The minimum absolute atomic E-state index is 0.0498. The molecular weight excluding hydrogens is 358 g/mol. The molecule has 142 valence electrons. The van der Waals surface area contributed by atoms with E-state index in [1.165, 1.54) is 4.90 Å². The average molecular weight is 384 g/mol. The molecule has 0 N–H and O–H groups in total. The standard InChI is InChI=1S/C22H25NO3S/c1-16-5-3-4-6-20(16)21(24)23-13-11-18(12-14-23)22(25)26-15-17-7-9-19(27-2)10-8-17/h3-10,18H,11-15H2,1-2H3. The predicted molar refractivity (Wildman–Crippen MR) is 108 cm³/mol. The SMILES string of the molecule is CSc1ccc(COC(=O)C2CCN(C(=O)c3ccccc3C)CC2)cc1. The Hall–Kier alpha value is -2.27. The summed E-state index contributed by atoms with van der Waals surface area (Å²) < 4.78 is 5.49. The first-order chi connectivity index (χ1) is 13.1. The number of hydrogen-bond acceptors (Lipinski definition) is 4. The number of piperidine rings is 1. The Morgan fingerprint density at radius 2 is 1.74 bits per heavy atom. The number of carbonyl (C=O) groups is 2. The van der Waals surface area contributed by atoms with Gasteiger partial charge in [-0.25, -0.2) is 0 Å². The van der Waals surface area contributed by atoms with E-state index in [0.29, 0.717) is 32.5 Å². The maximum atomic E-state index is 12.7. The number of likely N-dealkylation sites (tertiary alicyclic amines) is 1. The Morgan fingerprint density at radius 3 is 2.37 bits per heavy atom. The molecule has 1 aliphatic rings. The first-order valence-corrected chi connectivity index (χ1v) is 10.5. The molecule has 2 aromatic carbocycles. The van der Waals surface area contributed by atoms with Gasteiger partial charge in [-0.3, -0.25) is 9.59 Å². The van der Waals surface area contributed by atoms with E-state index >= 15 is 0 Å². The van der Waals surface area contributed by atoms with Crippen molar-refractivity contribution >= 4 is 23.6 Å². The second-order valence-electron chi connectivity index (χ2n) is 6.84. The van der Waals surface area contributed by atoms with Gasteiger partial charge < -0.3 is 9.64 Å². The van der Waals surface area contributed by atoms with Crippen molar-refractivity contribution < 1.29 is 14.3 Å². The van der Waals surface area contributed by atoms with E-state index in [1.54, 1.807) is 11.8 Å². The number of ether oxygens (including phenoxy) is 1. The molecule has 0 saturated carbocycles. The molecule has 5 heteroatoms. The number of esters is 1. The van der Waals surface area contributed by atoms with E-state index < -0.39 is 0 Å². The lowest BCUT2D eigenvalue weighted by Crippen LogP contribution is -2.40. The van der Waals surface area contributed by atoms with Gasteiger partial charge in [-0.2, -0.15) is 0 Å². The Balaban J connectivity index is 1.48. The molecule has 1 aliphatic heterocycles. The van der Waals surface area contributed by atoms with Crippen molar-refractivity contribution in [2.45, 2.75) is 31.3 Å². The van der Waals surface area contributed by atoms with E-state index in [9.17, 15) is 9.59 Å². The van der Waals surface area contributed by atoms with Crippen molar-refractivity contribution in [1.29, 1.82) is 0 Å². The van der Waals surface area contributed by atoms with Crippen molar-refractivity contribution in [2.24, 2.45) is 5.92 Å². The smallest absolute Gasteiger partial charge is 0.309 e. The number of carbonyl (C=O) groups excluding carboxylic acids is 2. The maximum Gasteiger partial charge on any atom is 0.309 e. The number of nitrogens with zero attached hydrogens (tertiary/aromatic N) is 1. The zero-order valence-electron chi connectivity index (χ0n) is 15.8. The monoisotopic (exact) mass is 383 g/mol. The molecule has 0 radical (unpaired) electrons. The summed E-state index contributed by atoms with van der Waals surface area (Å²) in [5.41, 5.74) is 2.72. The van der Waals surface area contributed by atoms with E-state index in [1.807, 2.05) is 66.6 Å². The summed E-state index contributed by atoms with van der Waals surface area (Å²) in [6, 6.07) is 15.7. The quantitative estimate of drug-likeness (QED) is 0.570. The van der Waals surface area contributed by atoms with Crippen molar-refractivity contribution in [1.82, 2.24) is 4.90 Å². The molecule has 0 atom stereocenters. The average Bonchev–Trinajstić information content (AvgIpc) is 2.72. The highest BCUT2D eigenvalue weighted by Gasteiger charge is 2.29. The summed E-state index contributed by atoms with van der Waals surface area (Å²) in [6.07, 6.45) is 3.34. The maximum absolute atomic E-state index is 12.7. The fraction of sp³-hybridized carbons (Fsp3) is 0.364. The Morgan fingerprint density at radius 1 is 1.07 bits per heavy atom. The van der Waals surface area contributed by atoms with E-state index in [2.05, 4.69) is 0 Å². The van der Waals surface area contributed by atoms with Gasteiger partial charge in [0.25, 0.3) is 5.91 Å². The van der Waals surface area contributed by atoms with Gasteiger partial charge in [0.15, 0.2) is 0 Å². The van der Waals surface area contributed by atoms with Crippen LogP contribution in [0.5, 0.6) is 0 Å². The molecule has 1 saturated heterocycles. The Bertz CT molecular complexity index is 795. The van der Waals surface area contributed by atoms with Gasteiger partial charge in [-0.05, 0) is 55.3 Å². The minimum atomic E-state index is -0.160. The van der Waals surface area contributed by atoms with Crippen LogP contribution in [-0.2, 0) is 16.1 Å². The van der Waals surface area contributed by atoms with Crippen LogP contribution in [-0.4, -0.2) is 36.1 Å². The first-order valence-electron chi connectivity index (χ1n) is 9.23. The van der Waals surface area contributed by atoms with Crippen LogP contribution >= 0.6 is 11.8 Å². The number of rotatable bonds is 5. The lowest BCUT2D eigenvalue weighted by molar-refractivity contribution is -0.151. The third kappa shape index (κ3) is 4.92. The zero-order valence-corrected chi connectivity index (χ0v) is 16.6. The molecule has 27 heavy (non-hydrogen) atoms. The molecule has 0 aliphatic carbocycles. The largest absolute Gasteiger partial charge is 0.461 e. The lowest BCUT2D eigenvalue weighted by atomic mass is 9.96. The molecule has 0 spiro atoms. The summed E-state index contributed by atoms with van der Waals surface area (Å²) in [5.74, 6) is -0.239. The van der Waals surface area contributed by atoms with E-state index in [0.717, 1.165) is 16.7 Å². The normalized spacial score (nSPS) is 14.8. The molecule has 0 unspecified atom stereocenters. The third-order valence-electron chi connectivity index (χ3n) is 5.03. The van der Waals surface area contributed by atoms with Crippen LogP contribution in [0.3, 0.4) is 0 Å². The van der Waals surface area contributed by atoms with Crippen LogP contribution in [0, 0.1) is 12.8 Å². The summed E-state index contributed by atoms with van der Waals surface area (Å²) in [6.45, 7) is 3.43. The summed E-state index contributed by atoms with van der Waals surface area (Å²) in [7, 11) is 0. The molecule has 0 bridgehead atoms. The fourth-order valence-electron chi connectivity index (χ4n) is 3.30. The molecule has 3 rings (SSSR count). The minimum Gasteiger partial charge on any atom is -0.461 e. The molecule has 2 aromatic rings. The number of amides is 1. The molecule has 1 fully saturated rings. The van der Waals surface area contributed by atoms with Crippen molar-refractivity contribution in [3.8, 4) is 0 Å². The first kappa shape index (κ1) is 19.5. The number of thioether (sulfide) groups is 1. The van der Waals surface area contributed by atoms with Crippen molar-refractivity contribution in [3.05, 3.63) is 65.2 Å². The van der Waals surface area contributed by atoms with Gasteiger partial charge in [-0.15, -0.1) is 11.8 Å². The van der Waals surface area contributed by atoms with Crippen LogP contribution in [0.1, 0.15) is 34.3 Å². The van der Waals surface area contributed by atoms with Crippen molar-refractivity contribution in [3.63, 3.8) is 0 Å². The number of hydrogen-bond donors (Lipinski definition) is 0. The summed E-state index contributed by atoms with van der Waals surface area (Å²) in [4.78, 5) is 28.1. The highest BCUT2D eigenvalue weighted by Crippen LogP contribution is 2.22. The number of benzene rings is 2.